The Hall–Kier alpha value is -2.57. The summed E-state index contributed by atoms with van der Waals surface area (Å²) >= 11 is 5.22. The highest BCUT2D eigenvalue weighted by Crippen LogP contribution is 2.12. The lowest BCUT2D eigenvalue weighted by atomic mass is 10.2. The fraction of sp³-hybridized carbons (Fsp3) is 0.118. The molecule has 0 fully saturated rings. The molecule has 0 atom stereocenters. The average Bonchev–Trinajstić information content (AvgIpc) is 2.60. The summed E-state index contributed by atoms with van der Waals surface area (Å²) in [5, 5.41) is 14.6. The number of carbonyl (C=O) groups excluding carboxylic acids is 1. The molecule has 0 aliphatic rings. The Morgan fingerprint density at radius 2 is 1.70 bits per heavy atom. The number of nitrogens with one attached hydrogen (secondary N) is 1. The molecule has 2 N–H and O–H groups in total. The van der Waals surface area contributed by atoms with Gasteiger partial charge < -0.3 is 0 Å². The zero-order valence-corrected chi connectivity index (χ0v) is 13.5. The van der Waals surface area contributed by atoms with Crippen molar-refractivity contribution in [2.45, 2.75) is 13.3 Å². The average molecular weight is 327 g/mol. The van der Waals surface area contributed by atoms with Crippen LogP contribution in [0.1, 0.15) is 18.9 Å². The number of rotatable bonds is 5. The number of hydrogen-bond donors (Lipinski definition) is 2. The van der Waals surface area contributed by atoms with Gasteiger partial charge in [0, 0.05) is 11.3 Å². The molecular weight excluding hydrogens is 310 g/mol. The van der Waals surface area contributed by atoms with Crippen LogP contribution in [0.4, 0.5) is 5.69 Å². The third kappa shape index (κ3) is 4.98. The zero-order chi connectivity index (χ0) is 16.7. The van der Waals surface area contributed by atoms with Gasteiger partial charge in [-0.2, -0.15) is 10.2 Å². The van der Waals surface area contributed by atoms with E-state index in [-0.39, 0.29) is 6.42 Å². The molecule has 0 radical (unpaired) electrons. The van der Waals surface area contributed by atoms with Gasteiger partial charge in [0.05, 0.1) is 12.1 Å². The highest BCUT2D eigenvalue weighted by atomic mass is 32.1. The maximum Gasteiger partial charge on any atom is 0.256 e. The number of hydrogen-bond acceptors (Lipinski definition) is 4. The van der Waals surface area contributed by atoms with E-state index in [2.05, 4.69) is 10.5 Å². The summed E-state index contributed by atoms with van der Waals surface area (Å²) in [5.74, 6) is -0.468. The van der Waals surface area contributed by atoms with Crippen LogP contribution in [0.5, 0.6) is 0 Å². The summed E-state index contributed by atoms with van der Waals surface area (Å²) in [4.78, 5) is 12.5. The molecule has 1 amide bonds. The van der Waals surface area contributed by atoms with E-state index in [9.17, 15) is 10.0 Å². The molecule has 0 aliphatic carbocycles. The second kappa shape index (κ2) is 8.17. The molecule has 0 aliphatic heterocycles. The van der Waals surface area contributed by atoms with Crippen molar-refractivity contribution >= 4 is 34.5 Å². The molecule has 0 saturated heterocycles. The molecule has 0 heterocycles. The monoisotopic (exact) mass is 327 g/mol. The first kappa shape index (κ1) is 16.8. The molecule has 118 valence electrons. The predicted octanol–water partition coefficient (Wildman–Crippen LogP) is 3.14. The Kier molecular flexibility index (Phi) is 5.96. The Balaban J connectivity index is 1.92. The van der Waals surface area contributed by atoms with Gasteiger partial charge in [0.15, 0.2) is 0 Å². The van der Waals surface area contributed by atoms with Crippen LogP contribution in [0.25, 0.3) is 0 Å². The number of hydroxylamine groups is 1. The van der Waals surface area contributed by atoms with Gasteiger partial charge in [0.2, 0.25) is 0 Å². The van der Waals surface area contributed by atoms with Gasteiger partial charge in [0.1, 0.15) is 4.99 Å². The summed E-state index contributed by atoms with van der Waals surface area (Å²) in [6.07, 6.45) is -0.0181. The number of amides is 1. The van der Waals surface area contributed by atoms with Gasteiger partial charge in [-0.25, -0.2) is 0 Å². The Morgan fingerprint density at radius 3 is 2.30 bits per heavy atom. The summed E-state index contributed by atoms with van der Waals surface area (Å²) < 4.78 is 0. The lowest BCUT2D eigenvalue weighted by Gasteiger charge is -2.14. The normalized spacial score (nSPS) is 11.0. The van der Waals surface area contributed by atoms with Gasteiger partial charge in [0.25, 0.3) is 5.91 Å². The molecule has 2 rings (SSSR count). The van der Waals surface area contributed by atoms with E-state index in [1.54, 1.807) is 31.2 Å². The van der Waals surface area contributed by atoms with Crippen LogP contribution in [0.3, 0.4) is 0 Å². The van der Waals surface area contributed by atoms with Crippen LogP contribution in [0.2, 0.25) is 0 Å². The topological polar surface area (TPSA) is 64.9 Å². The molecule has 0 saturated carbocycles. The fourth-order valence-electron chi connectivity index (χ4n) is 1.85. The summed E-state index contributed by atoms with van der Waals surface area (Å²) in [6.45, 7) is 1.69. The summed E-state index contributed by atoms with van der Waals surface area (Å²) in [6, 6.07) is 18.0. The van der Waals surface area contributed by atoms with E-state index in [1.165, 1.54) is 0 Å². The van der Waals surface area contributed by atoms with Crippen LogP contribution in [-0.4, -0.2) is 21.8 Å². The van der Waals surface area contributed by atoms with Gasteiger partial charge in [-0.1, -0.05) is 60.7 Å². The lowest BCUT2D eigenvalue weighted by molar-refractivity contribution is -0.122. The van der Waals surface area contributed by atoms with E-state index < -0.39 is 5.91 Å². The SMILES string of the molecule is C/C(CC(=O)N(O)c1ccccc1)=N\NC(=S)c1ccccc1. The van der Waals surface area contributed by atoms with Gasteiger partial charge >= 0.3 is 0 Å². The molecule has 0 spiro atoms. The third-order valence-electron chi connectivity index (χ3n) is 3.03. The van der Waals surface area contributed by atoms with Gasteiger partial charge in [-0.05, 0) is 19.1 Å². The van der Waals surface area contributed by atoms with Crippen molar-refractivity contribution in [2.75, 3.05) is 5.06 Å². The first-order chi connectivity index (χ1) is 11.1. The molecule has 5 nitrogen and oxygen atoms in total. The number of para-hydroxylation sites is 1. The minimum Gasteiger partial charge on any atom is -0.281 e. The number of carbonyl (C=O) groups is 1. The number of anilines is 1. The second-order valence-electron chi connectivity index (χ2n) is 4.87. The maximum absolute atomic E-state index is 12.0. The first-order valence-corrected chi connectivity index (χ1v) is 7.44. The molecule has 6 heteroatoms. The molecule has 0 bridgehead atoms. The zero-order valence-electron chi connectivity index (χ0n) is 12.6. The van der Waals surface area contributed by atoms with E-state index in [4.69, 9.17) is 12.2 Å². The van der Waals surface area contributed by atoms with Crippen LogP contribution >= 0.6 is 12.2 Å². The van der Waals surface area contributed by atoms with Gasteiger partial charge in [-0.15, -0.1) is 0 Å². The number of benzene rings is 2. The van der Waals surface area contributed by atoms with Crippen molar-refractivity contribution in [1.29, 1.82) is 0 Å². The molecule has 23 heavy (non-hydrogen) atoms. The largest absolute Gasteiger partial charge is 0.281 e. The fourth-order valence-corrected chi connectivity index (χ4v) is 2.03. The highest BCUT2D eigenvalue weighted by molar-refractivity contribution is 7.80. The van der Waals surface area contributed by atoms with E-state index >= 15 is 0 Å². The minimum atomic E-state index is -0.468. The van der Waals surface area contributed by atoms with Crippen LogP contribution in [0.15, 0.2) is 65.8 Å². The van der Waals surface area contributed by atoms with Crippen molar-refractivity contribution in [1.82, 2.24) is 5.43 Å². The van der Waals surface area contributed by atoms with Crippen molar-refractivity contribution < 1.29 is 10.0 Å². The molecule has 2 aromatic rings. The number of thiocarbonyl (C=S) groups is 1. The van der Waals surface area contributed by atoms with Crippen molar-refractivity contribution in [3.05, 3.63) is 66.2 Å². The van der Waals surface area contributed by atoms with Crippen molar-refractivity contribution in [3.8, 4) is 0 Å². The smallest absolute Gasteiger partial charge is 0.256 e. The van der Waals surface area contributed by atoms with E-state index in [0.29, 0.717) is 21.5 Å². The van der Waals surface area contributed by atoms with Gasteiger partial charge in [-0.3, -0.25) is 15.4 Å². The predicted molar refractivity (Wildman–Crippen MR) is 94.7 cm³/mol. The van der Waals surface area contributed by atoms with Crippen molar-refractivity contribution in [3.63, 3.8) is 0 Å². The quantitative estimate of drug-likeness (QED) is 0.383. The van der Waals surface area contributed by atoms with Crippen molar-refractivity contribution in [2.24, 2.45) is 5.10 Å². The van der Waals surface area contributed by atoms with E-state index in [0.717, 1.165) is 5.56 Å². The van der Waals surface area contributed by atoms with Crippen LogP contribution in [0, 0.1) is 0 Å². The Labute approximate surface area is 140 Å². The standard InChI is InChI=1S/C17H17N3O2S/c1-13(18-19-17(23)14-8-4-2-5-9-14)12-16(21)20(22)15-10-6-3-7-11-15/h2-11,22H,12H2,1H3,(H,19,23)/b18-13+. The lowest BCUT2D eigenvalue weighted by Crippen LogP contribution is -2.29. The Morgan fingerprint density at radius 1 is 1.13 bits per heavy atom. The summed E-state index contributed by atoms with van der Waals surface area (Å²) in [5.41, 5.74) is 4.53. The molecule has 2 aromatic carbocycles. The maximum atomic E-state index is 12.0. The first-order valence-electron chi connectivity index (χ1n) is 7.03. The molecule has 0 unspecified atom stereocenters. The third-order valence-corrected chi connectivity index (χ3v) is 3.36. The molecular formula is C17H17N3O2S. The number of nitrogens with zero attached hydrogens (tertiary/aromatic N) is 2. The van der Waals surface area contributed by atoms with E-state index in [1.807, 2.05) is 36.4 Å². The molecule has 0 aromatic heterocycles. The van der Waals surface area contributed by atoms with Crippen LogP contribution < -0.4 is 10.5 Å². The second-order valence-corrected chi connectivity index (χ2v) is 5.28. The number of hydrazone groups is 1. The van der Waals surface area contributed by atoms with Crippen LogP contribution in [-0.2, 0) is 4.79 Å². The Bertz CT molecular complexity index is 702. The minimum absolute atomic E-state index is 0.0181. The summed E-state index contributed by atoms with van der Waals surface area (Å²) in [7, 11) is 0. The highest BCUT2D eigenvalue weighted by Gasteiger charge is 2.14.